The van der Waals surface area contributed by atoms with Gasteiger partial charge in [0.1, 0.15) is 6.10 Å². The largest absolute Gasteiger partial charge is 0.454 e. The lowest BCUT2D eigenvalue weighted by Crippen LogP contribution is -2.49. The first kappa shape index (κ1) is 18.4. The molecule has 150 valence electrons. The Morgan fingerprint density at radius 3 is 2.62 bits per heavy atom. The van der Waals surface area contributed by atoms with Crippen LogP contribution in [-0.2, 0) is 11.2 Å². The molecule has 0 spiro atoms. The molecular weight excluding hydrogens is 362 g/mol. The van der Waals surface area contributed by atoms with Crippen LogP contribution in [0.3, 0.4) is 0 Å². The molecule has 1 saturated heterocycles. The van der Waals surface area contributed by atoms with E-state index < -0.39 is 0 Å². The molecule has 29 heavy (non-hydrogen) atoms. The average molecular weight is 389 g/mol. The first-order valence-electron chi connectivity index (χ1n) is 10.9. The molecule has 2 aliphatic heterocycles. The van der Waals surface area contributed by atoms with Crippen LogP contribution in [-0.4, -0.2) is 29.4 Å². The SMILES string of the molecule is O=C1OC(c2ccccc2)Cc2cc(C(=O)N3CCCC4CCCCC43)ccc21. The van der Waals surface area contributed by atoms with Crippen molar-refractivity contribution < 1.29 is 14.3 Å². The Kier molecular flexibility index (Phi) is 4.86. The molecule has 0 aromatic heterocycles. The van der Waals surface area contributed by atoms with E-state index in [1.165, 1.54) is 25.7 Å². The predicted molar refractivity (Wildman–Crippen MR) is 111 cm³/mol. The summed E-state index contributed by atoms with van der Waals surface area (Å²) in [5.74, 6) is 0.487. The Labute approximate surface area is 171 Å². The Balaban J connectivity index is 1.41. The molecule has 3 aliphatic rings. The van der Waals surface area contributed by atoms with E-state index in [-0.39, 0.29) is 18.0 Å². The highest BCUT2D eigenvalue weighted by atomic mass is 16.5. The summed E-state index contributed by atoms with van der Waals surface area (Å²) in [5.41, 5.74) is 3.20. The molecule has 3 atom stereocenters. The highest BCUT2D eigenvalue weighted by Gasteiger charge is 2.36. The van der Waals surface area contributed by atoms with Gasteiger partial charge in [0.15, 0.2) is 0 Å². The maximum absolute atomic E-state index is 13.4. The van der Waals surface area contributed by atoms with Gasteiger partial charge < -0.3 is 9.64 Å². The van der Waals surface area contributed by atoms with Crippen molar-refractivity contribution in [2.45, 2.75) is 57.1 Å². The quantitative estimate of drug-likeness (QED) is 0.684. The third-order valence-corrected chi connectivity index (χ3v) is 6.90. The number of fused-ring (bicyclic) bond motifs is 2. The van der Waals surface area contributed by atoms with Crippen molar-refractivity contribution in [3.05, 3.63) is 70.8 Å². The monoisotopic (exact) mass is 389 g/mol. The van der Waals surface area contributed by atoms with Gasteiger partial charge in [0, 0.05) is 24.6 Å². The molecule has 2 aromatic rings. The molecule has 4 nitrogen and oxygen atoms in total. The molecule has 2 aromatic carbocycles. The molecule has 1 saturated carbocycles. The average Bonchev–Trinajstić information content (AvgIpc) is 2.78. The van der Waals surface area contributed by atoms with Crippen molar-refractivity contribution >= 4 is 11.9 Å². The van der Waals surface area contributed by atoms with Crippen molar-refractivity contribution in [3.8, 4) is 0 Å². The summed E-state index contributed by atoms with van der Waals surface area (Å²) in [6, 6.07) is 15.7. The van der Waals surface area contributed by atoms with Gasteiger partial charge in [-0.25, -0.2) is 4.79 Å². The maximum Gasteiger partial charge on any atom is 0.339 e. The van der Waals surface area contributed by atoms with E-state index in [0.717, 1.165) is 30.5 Å². The second kappa shape index (κ2) is 7.66. The summed E-state index contributed by atoms with van der Waals surface area (Å²) in [6.07, 6.45) is 7.57. The summed E-state index contributed by atoms with van der Waals surface area (Å²) < 4.78 is 5.65. The minimum atomic E-state index is -0.301. The molecule has 0 N–H and O–H groups in total. The fourth-order valence-corrected chi connectivity index (χ4v) is 5.43. The molecule has 1 aliphatic carbocycles. The molecule has 5 rings (SSSR count). The standard InChI is InChI=1S/C25H27NO3/c27-24(26-14-6-10-17-7-4-5-11-22(17)26)19-12-13-21-20(15-19)16-23(29-25(21)28)18-8-2-1-3-9-18/h1-3,8-9,12-13,15,17,22-23H,4-7,10-11,14,16H2. The Morgan fingerprint density at radius 2 is 1.76 bits per heavy atom. The van der Waals surface area contributed by atoms with Gasteiger partial charge in [0.05, 0.1) is 5.56 Å². The smallest absolute Gasteiger partial charge is 0.339 e. The van der Waals surface area contributed by atoms with Crippen LogP contribution in [0.2, 0.25) is 0 Å². The zero-order valence-corrected chi connectivity index (χ0v) is 16.7. The maximum atomic E-state index is 13.4. The Morgan fingerprint density at radius 1 is 0.966 bits per heavy atom. The number of carbonyl (C=O) groups excluding carboxylic acids is 2. The van der Waals surface area contributed by atoms with Crippen LogP contribution in [0.1, 0.15) is 76.5 Å². The number of benzene rings is 2. The first-order valence-corrected chi connectivity index (χ1v) is 10.9. The van der Waals surface area contributed by atoms with Crippen LogP contribution >= 0.6 is 0 Å². The molecular formula is C25H27NO3. The van der Waals surface area contributed by atoms with Crippen LogP contribution in [0.5, 0.6) is 0 Å². The predicted octanol–water partition coefficient (Wildman–Crippen LogP) is 4.94. The Bertz CT molecular complexity index is 921. The van der Waals surface area contributed by atoms with Gasteiger partial charge >= 0.3 is 5.97 Å². The van der Waals surface area contributed by atoms with Crippen molar-refractivity contribution in [2.75, 3.05) is 6.54 Å². The molecule has 4 heteroatoms. The normalized spacial score (nSPS) is 26.3. The number of cyclic esters (lactones) is 1. The Hall–Kier alpha value is -2.62. The van der Waals surface area contributed by atoms with E-state index in [1.54, 1.807) is 12.1 Å². The fourth-order valence-electron chi connectivity index (χ4n) is 5.43. The third-order valence-electron chi connectivity index (χ3n) is 6.90. The van der Waals surface area contributed by atoms with E-state index in [1.807, 2.05) is 36.4 Å². The van der Waals surface area contributed by atoms with Crippen LogP contribution < -0.4 is 0 Å². The van der Waals surface area contributed by atoms with Gasteiger partial charge in [0.25, 0.3) is 5.91 Å². The fraction of sp³-hybridized carbons (Fsp3) is 0.440. The van der Waals surface area contributed by atoms with E-state index in [9.17, 15) is 9.59 Å². The zero-order valence-electron chi connectivity index (χ0n) is 16.7. The second-order valence-corrected chi connectivity index (χ2v) is 8.63. The van der Waals surface area contributed by atoms with E-state index >= 15 is 0 Å². The van der Waals surface area contributed by atoms with Crippen LogP contribution in [0.15, 0.2) is 48.5 Å². The van der Waals surface area contributed by atoms with Crippen molar-refractivity contribution in [2.24, 2.45) is 5.92 Å². The van der Waals surface area contributed by atoms with Crippen molar-refractivity contribution in [1.82, 2.24) is 4.90 Å². The number of piperidine rings is 1. The van der Waals surface area contributed by atoms with Crippen LogP contribution in [0.25, 0.3) is 0 Å². The minimum absolute atomic E-state index is 0.125. The number of rotatable bonds is 2. The number of amides is 1. The summed E-state index contributed by atoms with van der Waals surface area (Å²) in [5, 5.41) is 0. The number of esters is 1. The molecule has 2 fully saturated rings. The minimum Gasteiger partial charge on any atom is -0.454 e. The molecule has 3 unspecified atom stereocenters. The summed E-state index contributed by atoms with van der Waals surface area (Å²) >= 11 is 0. The lowest BCUT2D eigenvalue weighted by molar-refractivity contribution is 0.0250. The van der Waals surface area contributed by atoms with Crippen molar-refractivity contribution in [1.29, 1.82) is 0 Å². The highest BCUT2D eigenvalue weighted by Crippen LogP contribution is 2.36. The van der Waals surface area contributed by atoms with Gasteiger partial charge in [-0.1, -0.05) is 43.2 Å². The van der Waals surface area contributed by atoms with Gasteiger partial charge in [-0.3, -0.25) is 4.79 Å². The van der Waals surface area contributed by atoms with E-state index in [2.05, 4.69) is 4.90 Å². The van der Waals surface area contributed by atoms with Crippen molar-refractivity contribution in [3.63, 3.8) is 0 Å². The lowest BCUT2D eigenvalue weighted by Gasteiger charge is -2.44. The second-order valence-electron chi connectivity index (χ2n) is 8.63. The number of ether oxygens (including phenoxy) is 1. The summed E-state index contributed by atoms with van der Waals surface area (Å²) in [6.45, 7) is 0.853. The van der Waals surface area contributed by atoms with E-state index in [4.69, 9.17) is 4.74 Å². The molecule has 0 radical (unpaired) electrons. The number of likely N-dealkylation sites (tertiary alicyclic amines) is 1. The lowest BCUT2D eigenvalue weighted by atomic mass is 9.78. The molecule has 1 amide bonds. The summed E-state index contributed by atoms with van der Waals surface area (Å²) in [7, 11) is 0. The number of hydrogen-bond donors (Lipinski definition) is 0. The van der Waals surface area contributed by atoms with Gasteiger partial charge in [-0.15, -0.1) is 0 Å². The van der Waals surface area contributed by atoms with Gasteiger partial charge in [-0.05, 0) is 60.9 Å². The zero-order chi connectivity index (χ0) is 19.8. The summed E-state index contributed by atoms with van der Waals surface area (Å²) in [4.78, 5) is 28.0. The molecule has 0 bridgehead atoms. The highest BCUT2D eigenvalue weighted by molar-refractivity contribution is 5.98. The number of hydrogen-bond acceptors (Lipinski definition) is 3. The van der Waals surface area contributed by atoms with Crippen LogP contribution in [0, 0.1) is 5.92 Å². The number of nitrogens with zero attached hydrogens (tertiary/aromatic N) is 1. The number of carbonyl (C=O) groups is 2. The van der Waals surface area contributed by atoms with Gasteiger partial charge in [0.2, 0.25) is 0 Å². The topological polar surface area (TPSA) is 46.6 Å². The first-order chi connectivity index (χ1) is 14.2. The van der Waals surface area contributed by atoms with E-state index in [0.29, 0.717) is 29.5 Å². The third kappa shape index (κ3) is 3.45. The molecule has 2 heterocycles. The van der Waals surface area contributed by atoms with Crippen LogP contribution in [0.4, 0.5) is 0 Å². The van der Waals surface area contributed by atoms with Gasteiger partial charge in [-0.2, -0.15) is 0 Å².